The minimum atomic E-state index is 0.377. The van der Waals surface area contributed by atoms with Gasteiger partial charge in [0.05, 0.1) is 5.02 Å². The molecule has 88 valence electrons. The highest BCUT2D eigenvalue weighted by atomic mass is 35.5. The number of nitrogens with zero attached hydrogens (tertiary/aromatic N) is 1. The quantitative estimate of drug-likeness (QED) is 0.842. The minimum Gasteiger partial charge on any atom is -0.310 e. The molecule has 1 aliphatic rings. The Hall–Kier alpha value is -0.310. The van der Waals surface area contributed by atoms with Gasteiger partial charge in [-0.15, -0.1) is 11.6 Å². The van der Waals surface area contributed by atoms with E-state index in [4.69, 9.17) is 23.2 Å². The highest BCUT2D eigenvalue weighted by Crippen LogP contribution is 2.23. The molecular formula is C12H16Cl2N2. The van der Waals surface area contributed by atoms with Crippen molar-refractivity contribution in [2.75, 3.05) is 0 Å². The standard InChI is InChI=1S/C12H16Cl2N2/c13-10-1-3-11(4-2-10)16-7-9-5-6-15-8-12(9)14/h5-6,8,10-11,16H,1-4,7H2. The van der Waals surface area contributed by atoms with Crippen LogP contribution in [0.1, 0.15) is 31.2 Å². The first kappa shape index (κ1) is 12.2. The number of pyridine rings is 1. The van der Waals surface area contributed by atoms with Gasteiger partial charge in [-0.3, -0.25) is 4.98 Å². The Kier molecular flexibility index (Phi) is 4.45. The zero-order chi connectivity index (χ0) is 11.4. The molecule has 0 unspecified atom stereocenters. The molecule has 0 spiro atoms. The second-order valence-corrected chi connectivity index (χ2v) is 5.32. The van der Waals surface area contributed by atoms with Gasteiger partial charge in [0.1, 0.15) is 0 Å². The van der Waals surface area contributed by atoms with E-state index in [0.29, 0.717) is 11.4 Å². The van der Waals surface area contributed by atoms with Gasteiger partial charge in [-0.25, -0.2) is 0 Å². The molecule has 0 radical (unpaired) electrons. The number of hydrogen-bond acceptors (Lipinski definition) is 2. The van der Waals surface area contributed by atoms with Crippen molar-refractivity contribution in [1.82, 2.24) is 10.3 Å². The summed E-state index contributed by atoms with van der Waals surface area (Å²) in [7, 11) is 0. The number of nitrogens with one attached hydrogen (secondary N) is 1. The first-order valence-electron chi connectivity index (χ1n) is 5.71. The summed E-state index contributed by atoms with van der Waals surface area (Å²) in [6, 6.07) is 2.54. The van der Waals surface area contributed by atoms with Crippen LogP contribution in [0.3, 0.4) is 0 Å². The first-order chi connectivity index (χ1) is 7.75. The van der Waals surface area contributed by atoms with Crippen LogP contribution in [0.5, 0.6) is 0 Å². The van der Waals surface area contributed by atoms with Crippen LogP contribution in [-0.4, -0.2) is 16.4 Å². The Bertz CT molecular complexity index is 336. The number of hydrogen-bond donors (Lipinski definition) is 1. The van der Waals surface area contributed by atoms with Gasteiger partial charge in [0, 0.05) is 30.4 Å². The molecule has 2 nitrogen and oxygen atoms in total. The van der Waals surface area contributed by atoms with Crippen LogP contribution in [-0.2, 0) is 6.54 Å². The topological polar surface area (TPSA) is 24.9 Å². The predicted molar refractivity (Wildman–Crippen MR) is 68.0 cm³/mol. The van der Waals surface area contributed by atoms with E-state index in [2.05, 4.69) is 10.3 Å². The van der Waals surface area contributed by atoms with E-state index in [-0.39, 0.29) is 0 Å². The van der Waals surface area contributed by atoms with Crippen molar-refractivity contribution in [3.8, 4) is 0 Å². The predicted octanol–water partition coefficient (Wildman–Crippen LogP) is 3.37. The average Bonchev–Trinajstić information content (AvgIpc) is 2.30. The number of alkyl halides is 1. The molecule has 1 saturated carbocycles. The monoisotopic (exact) mass is 258 g/mol. The van der Waals surface area contributed by atoms with Crippen LogP contribution < -0.4 is 5.32 Å². The molecule has 1 aromatic heterocycles. The molecule has 4 heteroatoms. The molecule has 0 atom stereocenters. The van der Waals surface area contributed by atoms with Crippen molar-refractivity contribution in [3.05, 3.63) is 29.0 Å². The third-order valence-electron chi connectivity index (χ3n) is 3.09. The van der Waals surface area contributed by atoms with Crippen LogP contribution in [0, 0.1) is 0 Å². The second kappa shape index (κ2) is 5.85. The lowest BCUT2D eigenvalue weighted by atomic mass is 9.95. The Balaban J connectivity index is 1.81. The Morgan fingerprint density at radius 1 is 1.31 bits per heavy atom. The van der Waals surface area contributed by atoms with Crippen LogP contribution in [0.2, 0.25) is 5.02 Å². The fourth-order valence-electron chi connectivity index (χ4n) is 2.06. The lowest BCUT2D eigenvalue weighted by Crippen LogP contribution is -2.33. The van der Waals surface area contributed by atoms with Crippen molar-refractivity contribution in [1.29, 1.82) is 0 Å². The minimum absolute atomic E-state index is 0.377. The van der Waals surface area contributed by atoms with E-state index in [1.165, 1.54) is 0 Å². The molecule has 1 aliphatic carbocycles. The summed E-state index contributed by atoms with van der Waals surface area (Å²) in [6.07, 6.45) is 8.02. The maximum atomic E-state index is 6.07. The van der Waals surface area contributed by atoms with Crippen LogP contribution in [0.25, 0.3) is 0 Å². The third kappa shape index (κ3) is 3.34. The molecule has 1 heterocycles. The fraction of sp³-hybridized carbons (Fsp3) is 0.583. The molecule has 0 aliphatic heterocycles. The fourth-order valence-corrected chi connectivity index (χ4v) is 2.50. The first-order valence-corrected chi connectivity index (χ1v) is 6.53. The van der Waals surface area contributed by atoms with Crippen molar-refractivity contribution in [2.24, 2.45) is 0 Å². The molecule has 0 aromatic carbocycles. The molecule has 0 bridgehead atoms. The third-order valence-corrected chi connectivity index (χ3v) is 3.87. The van der Waals surface area contributed by atoms with Crippen molar-refractivity contribution < 1.29 is 0 Å². The van der Waals surface area contributed by atoms with Gasteiger partial charge in [0.25, 0.3) is 0 Å². The summed E-state index contributed by atoms with van der Waals surface area (Å²) in [5.41, 5.74) is 1.12. The molecule has 1 aromatic rings. The van der Waals surface area contributed by atoms with Gasteiger partial charge in [-0.05, 0) is 37.3 Å². The van der Waals surface area contributed by atoms with E-state index >= 15 is 0 Å². The second-order valence-electron chi connectivity index (χ2n) is 4.30. The van der Waals surface area contributed by atoms with Crippen LogP contribution >= 0.6 is 23.2 Å². The average molecular weight is 259 g/mol. The van der Waals surface area contributed by atoms with Gasteiger partial charge in [0.2, 0.25) is 0 Å². The van der Waals surface area contributed by atoms with Crippen molar-refractivity contribution in [2.45, 2.75) is 43.6 Å². The van der Waals surface area contributed by atoms with E-state index in [0.717, 1.165) is 42.8 Å². The van der Waals surface area contributed by atoms with E-state index in [1.54, 1.807) is 12.4 Å². The van der Waals surface area contributed by atoms with Gasteiger partial charge < -0.3 is 5.32 Å². The number of aromatic nitrogens is 1. The normalized spacial score (nSPS) is 25.6. The summed E-state index contributed by atoms with van der Waals surface area (Å²) < 4.78 is 0. The van der Waals surface area contributed by atoms with Crippen molar-refractivity contribution in [3.63, 3.8) is 0 Å². The van der Waals surface area contributed by atoms with Gasteiger partial charge >= 0.3 is 0 Å². The van der Waals surface area contributed by atoms with E-state index in [9.17, 15) is 0 Å². The number of rotatable bonds is 3. The summed E-state index contributed by atoms with van der Waals surface area (Å²) in [5, 5.41) is 4.64. The zero-order valence-corrected chi connectivity index (χ0v) is 10.6. The van der Waals surface area contributed by atoms with Gasteiger partial charge in [0.15, 0.2) is 0 Å². The Labute approximate surface area is 106 Å². The van der Waals surface area contributed by atoms with Crippen LogP contribution in [0.15, 0.2) is 18.5 Å². The maximum Gasteiger partial charge on any atom is 0.0634 e. The van der Waals surface area contributed by atoms with Crippen LogP contribution in [0.4, 0.5) is 0 Å². The molecule has 16 heavy (non-hydrogen) atoms. The molecule has 1 fully saturated rings. The van der Waals surface area contributed by atoms with Gasteiger partial charge in [-0.2, -0.15) is 0 Å². The molecule has 0 saturated heterocycles. The molecule has 0 amide bonds. The lowest BCUT2D eigenvalue weighted by molar-refractivity contribution is 0.376. The summed E-state index contributed by atoms with van der Waals surface area (Å²) >= 11 is 12.1. The molecule has 2 rings (SSSR count). The Morgan fingerprint density at radius 3 is 2.75 bits per heavy atom. The highest BCUT2D eigenvalue weighted by molar-refractivity contribution is 6.31. The maximum absolute atomic E-state index is 6.07. The summed E-state index contributed by atoms with van der Waals surface area (Å²) in [6.45, 7) is 0.818. The SMILES string of the molecule is Clc1cnccc1CNC1CCC(Cl)CC1. The largest absolute Gasteiger partial charge is 0.310 e. The zero-order valence-electron chi connectivity index (χ0n) is 9.13. The Morgan fingerprint density at radius 2 is 2.06 bits per heavy atom. The van der Waals surface area contributed by atoms with Gasteiger partial charge in [-0.1, -0.05) is 11.6 Å². The summed E-state index contributed by atoms with van der Waals surface area (Å²) in [4.78, 5) is 3.97. The van der Waals surface area contributed by atoms with E-state index in [1.807, 2.05) is 6.07 Å². The van der Waals surface area contributed by atoms with Crippen molar-refractivity contribution >= 4 is 23.2 Å². The lowest BCUT2D eigenvalue weighted by Gasteiger charge is -2.26. The molecular weight excluding hydrogens is 243 g/mol. The molecule has 1 N–H and O–H groups in total. The smallest absolute Gasteiger partial charge is 0.0634 e. The summed E-state index contributed by atoms with van der Waals surface area (Å²) in [5.74, 6) is 0. The van der Waals surface area contributed by atoms with E-state index < -0.39 is 0 Å². The highest BCUT2D eigenvalue weighted by Gasteiger charge is 2.18. The number of halogens is 2.